The molecule has 3 nitrogen and oxygen atoms in total. The van der Waals surface area contributed by atoms with Gasteiger partial charge in [0.25, 0.3) is 5.56 Å². The number of hydrogen-bond acceptors (Lipinski definition) is 2. The predicted molar refractivity (Wildman–Crippen MR) is 65.5 cm³/mol. The van der Waals surface area contributed by atoms with E-state index in [1.165, 1.54) is 0 Å². The van der Waals surface area contributed by atoms with Crippen molar-refractivity contribution in [3.8, 4) is 5.75 Å². The van der Waals surface area contributed by atoms with Crippen LogP contribution in [0.1, 0.15) is 5.56 Å². The zero-order chi connectivity index (χ0) is 11.9. The Hall–Kier alpha value is -1.48. The third-order valence-corrected chi connectivity index (χ3v) is 2.97. The maximum Gasteiger partial charge on any atom is 0.257 e. The monoisotopic (exact) mass is 237 g/mol. The number of pyridine rings is 1. The summed E-state index contributed by atoms with van der Waals surface area (Å²) in [6.07, 6.45) is 0. The molecule has 1 aromatic carbocycles. The summed E-state index contributed by atoms with van der Waals surface area (Å²) in [5, 5.41) is 1.50. The van der Waals surface area contributed by atoms with Crippen LogP contribution in [0, 0.1) is 6.92 Å². The van der Waals surface area contributed by atoms with Gasteiger partial charge in [-0.15, -0.1) is 0 Å². The molecule has 0 amide bonds. The summed E-state index contributed by atoms with van der Waals surface area (Å²) in [6.45, 7) is 1.76. The summed E-state index contributed by atoms with van der Waals surface area (Å²) >= 11 is 5.92. The van der Waals surface area contributed by atoms with E-state index in [4.69, 9.17) is 16.3 Å². The van der Waals surface area contributed by atoms with E-state index in [9.17, 15) is 4.79 Å². The van der Waals surface area contributed by atoms with Gasteiger partial charge in [0.15, 0.2) is 0 Å². The SMILES string of the molecule is COc1c(C)c(=O)n(C)c2cc(Cl)ccc12. The van der Waals surface area contributed by atoms with Crippen LogP contribution in [0.15, 0.2) is 23.0 Å². The van der Waals surface area contributed by atoms with Crippen LogP contribution in [-0.4, -0.2) is 11.7 Å². The second-order valence-electron chi connectivity index (χ2n) is 3.68. The summed E-state index contributed by atoms with van der Waals surface area (Å²) in [7, 11) is 3.29. The molecule has 0 N–H and O–H groups in total. The molecular formula is C12H12ClNO2. The summed E-state index contributed by atoms with van der Waals surface area (Å²) in [5.41, 5.74) is 1.33. The first-order chi connectivity index (χ1) is 7.56. The molecule has 2 aromatic rings. The molecule has 1 aromatic heterocycles. The van der Waals surface area contributed by atoms with Crippen molar-refractivity contribution in [2.75, 3.05) is 7.11 Å². The van der Waals surface area contributed by atoms with Crippen molar-refractivity contribution in [3.05, 3.63) is 39.1 Å². The molecule has 0 aliphatic carbocycles. The number of nitrogens with zero attached hydrogens (tertiary/aromatic N) is 1. The fourth-order valence-electron chi connectivity index (χ4n) is 1.90. The number of aryl methyl sites for hydroxylation is 1. The highest BCUT2D eigenvalue weighted by atomic mass is 35.5. The van der Waals surface area contributed by atoms with Gasteiger partial charge in [-0.3, -0.25) is 4.79 Å². The van der Waals surface area contributed by atoms with E-state index >= 15 is 0 Å². The molecule has 0 saturated heterocycles. The van der Waals surface area contributed by atoms with Crippen molar-refractivity contribution in [1.82, 2.24) is 4.57 Å². The molecule has 16 heavy (non-hydrogen) atoms. The summed E-state index contributed by atoms with van der Waals surface area (Å²) in [5.74, 6) is 0.620. The van der Waals surface area contributed by atoms with E-state index in [0.717, 1.165) is 10.9 Å². The molecule has 0 atom stereocenters. The van der Waals surface area contributed by atoms with Crippen LogP contribution in [-0.2, 0) is 7.05 Å². The summed E-state index contributed by atoms with van der Waals surface area (Å²) < 4.78 is 6.86. The molecule has 2 rings (SSSR count). The number of halogens is 1. The van der Waals surface area contributed by atoms with Crippen molar-refractivity contribution in [2.45, 2.75) is 6.92 Å². The molecule has 0 saturated carbocycles. The smallest absolute Gasteiger partial charge is 0.257 e. The third kappa shape index (κ3) is 1.48. The van der Waals surface area contributed by atoms with Crippen molar-refractivity contribution in [1.29, 1.82) is 0 Å². The lowest BCUT2D eigenvalue weighted by Gasteiger charge is -2.12. The van der Waals surface area contributed by atoms with Gasteiger partial charge in [-0.25, -0.2) is 0 Å². The van der Waals surface area contributed by atoms with E-state index in [1.54, 1.807) is 37.8 Å². The van der Waals surface area contributed by atoms with Gasteiger partial charge >= 0.3 is 0 Å². The van der Waals surface area contributed by atoms with Gasteiger partial charge in [0, 0.05) is 17.5 Å². The predicted octanol–water partition coefficient (Wildman–Crippen LogP) is 2.51. The first-order valence-corrected chi connectivity index (χ1v) is 5.27. The quantitative estimate of drug-likeness (QED) is 0.763. The van der Waals surface area contributed by atoms with Crippen LogP contribution >= 0.6 is 11.6 Å². The maximum absolute atomic E-state index is 11.9. The van der Waals surface area contributed by atoms with Crippen LogP contribution in [0.25, 0.3) is 10.9 Å². The van der Waals surface area contributed by atoms with Crippen LogP contribution in [0.2, 0.25) is 5.02 Å². The molecule has 0 radical (unpaired) electrons. The fraction of sp³-hybridized carbons (Fsp3) is 0.250. The van der Waals surface area contributed by atoms with Gasteiger partial charge in [-0.1, -0.05) is 11.6 Å². The zero-order valence-corrected chi connectivity index (χ0v) is 10.1. The largest absolute Gasteiger partial charge is 0.496 e. The van der Waals surface area contributed by atoms with Crippen molar-refractivity contribution in [2.24, 2.45) is 7.05 Å². The number of ether oxygens (including phenoxy) is 1. The third-order valence-electron chi connectivity index (χ3n) is 2.74. The molecule has 0 bridgehead atoms. The number of aromatic nitrogens is 1. The highest BCUT2D eigenvalue weighted by Crippen LogP contribution is 2.28. The van der Waals surface area contributed by atoms with Crippen molar-refractivity contribution >= 4 is 22.5 Å². The van der Waals surface area contributed by atoms with Crippen LogP contribution in [0.4, 0.5) is 0 Å². The highest BCUT2D eigenvalue weighted by molar-refractivity contribution is 6.31. The van der Waals surface area contributed by atoms with Gasteiger partial charge in [-0.2, -0.15) is 0 Å². The fourth-order valence-corrected chi connectivity index (χ4v) is 2.06. The molecule has 1 heterocycles. The molecule has 0 fully saturated rings. The lowest BCUT2D eigenvalue weighted by molar-refractivity contribution is 0.415. The van der Waals surface area contributed by atoms with Gasteiger partial charge in [0.1, 0.15) is 5.75 Å². The van der Waals surface area contributed by atoms with Crippen LogP contribution < -0.4 is 10.3 Å². The summed E-state index contributed by atoms with van der Waals surface area (Å²) in [6, 6.07) is 5.42. The van der Waals surface area contributed by atoms with Crippen molar-refractivity contribution < 1.29 is 4.74 Å². The Morgan fingerprint density at radius 1 is 1.38 bits per heavy atom. The second kappa shape index (κ2) is 3.83. The van der Waals surface area contributed by atoms with Gasteiger partial charge in [0.2, 0.25) is 0 Å². The Morgan fingerprint density at radius 3 is 2.69 bits per heavy atom. The molecule has 0 spiro atoms. The van der Waals surface area contributed by atoms with Crippen molar-refractivity contribution in [3.63, 3.8) is 0 Å². The van der Waals surface area contributed by atoms with Gasteiger partial charge in [-0.05, 0) is 25.1 Å². The topological polar surface area (TPSA) is 31.2 Å². The minimum absolute atomic E-state index is 0.0633. The Balaban J connectivity index is 3.04. The average molecular weight is 238 g/mol. The van der Waals surface area contributed by atoms with Crippen LogP contribution in [0.3, 0.4) is 0 Å². The first kappa shape index (κ1) is 11.0. The Morgan fingerprint density at radius 2 is 2.06 bits per heavy atom. The first-order valence-electron chi connectivity index (χ1n) is 4.89. The average Bonchev–Trinajstić information content (AvgIpc) is 2.28. The Bertz CT molecular complexity index is 616. The van der Waals surface area contributed by atoms with E-state index < -0.39 is 0 Å². The number of benzene rings is 1. The number of methoxy groups -OCH3 is 1. The van der Waals surface area contributed by atoms with E-state index in [0.29, 0.717) is 16.3 Å². The number of rotatable bonds is 1. The highest BCUT2D eigenvalue weighted by Gasteiger charge is 2.12. The lowest BCUT2D eigenvalue weighted by Crippen LogP contribution is -2.20. The second-order valence-corrected chi connectivity index (χ2v) is 4.12. The molecule has 0 aliphatic heterocycles. The minimum Gasteiger partial charge on any atom is -0.496 e. The van der Waals surface area contributed by atoms with Crippen LogP contribution in [0.5, 0.6) is 5.75 Å². The van der Waals surface area contributed by atoms with E-state index in [2.05, 4.69) is 0 Å². The lowest BCUT2D eigenvalue weighted by atomic mass is 10.1. The molecule has 0 aliphatic rings. The summed E-state index contributed by atoms with van der Waals surface area (Å²) in [4.78, 5) is 11.9. The van der Waals surface area contributed by atoms with Gasteiger partial charge < -0.3 is 9.30 Å². The standard InChI is InChI=1S/C12H12ClNO2/c1-7-11(16-3)9-5-4-8(13)6-10(9)14(2)12(7)15/h4-6H,1-3H3. The molecule has 0 unspecified atom stereocenters. The number of hydrogen-bond donors (Lipinski definition) is 0. The normalized spacial score (nSPS) is 10.8. The molecule has 4 heteroatoms. The molecule has 84 valence electrons. The van der Waals surface area contributed by atoms with E-state index in [1.807, 2.05) is 6.07 Å². The zero-order valence-electron chi connectivity index (χ0n) is 9.37. The Labute approximate surface area is 98.2 Å². The van der Waals surface area contributed by atoms with E-state index in [-0.39, 0.29) is 5.56 Å². The maximum atomic E-state index is 11.9. The van der Waals surface area contributed by atoms with Gasteiger partial charge in [0.05, 0.1) is 18.2 Å². The minimum atomic E-state index is -0.0633. The molecular weight excluding hydrogens is 226 g/mol. The Kier molecular flexibility index (Phi) is 2.64. The number of fused-ring (bicyclic) bond motifs is 1.